The smallest absolute Gasteiger partial charge is 0.266 e. The number of thioether (sulfide) groups is 1. The highest BCUT2D eigenvalue weighted by Gasteiger charge is 2.28. The first-order valence-electron chi connectivity index (χ1n) is 6.02. The third-order valence-electron chi connectivity index (χ3n) is 2.94. The molecule has 5 heteroatoms. The number of rotatable bonds is 2. The van der Waals surface area contributed by atoms with Gasteiger partial charge < -0.3 is 4.42 Å². The van der Waals surface area contributed by atoms with E-state index in [2.05, 4.69) is 0 Å². The van der Waals surface area contributed by atoms with Gasteiger partial charge >= 0.3 is 0 Å². The van der Waals surface area contributed by atoms with E-state index in [0.29, 0.717) is 15.0 Å². The minimum absolute atomic E-state index is 0.0855. The van der Waals surface area contributed by atoms with Crippen molar-refractivity contribution in [3.05, 3.63) is 53.1 Å². The lowest BCUT2D eigenvalue weighted by molar-refractivity contribution is -0.121. The summed E-state index contributed by atoms with van der Waals surface area (Å²) in [6.45, 7) is 0. The molecule has 3 rings (SSSR count). The van der Waals surface area contributed by atoms with E-state index in [4.69, 9.17) is 16.6 Å². The van der Waals surface area contributed by atoms with Crippen LogP contribution in [0.5, 0.6) is 0 Å². The Bertz CT molecular complexity index is 704. The van der Waals surface area contributed by atoms with E-state index in [-0.39, 0.29) is 5.91 Å². The Labute approximate surface area is 126 Å². The Morgan fingerprint density at radius 2 is 1.95 bits per heavy atom. The van der Waals surface area contributed by atoms with Gasteiger partial charge in [0.15, 0.2) is 0 Å². The molecule has 3 nitrogen and oxygen atoms in total. The first-order chi connectivity index (χ1) is 9.65. The number of carbonyl (C=O) groups excluding carboxylic acids is 1. The van der Waals surface area contributed by atoms with Crippen LogP contribution in [0.2, 0.25) is 0 Å². The van der Waals surface area contributed by atoms with E-state index in [1.807, 2.05) is 42.5 Å². The summed E-state index contributed by atoms with van der Waals surface area (Å²) in [6.07, 6.45) is 1.73. The molecule has 0 bridgehead atoms. The summed E-state index contributed by atoms with van der Waals surface area (Å²) < 4.78 is 6.31. The van der Waals surface area contributed by atoms with Gasteiger partial charge in [-0.15, -0.1) is 0 Å². The summed E-state index contributed by atoms with van der Waals surface area (Å²) in [4.78, 5) is 14.0. The Morgan fingerprint density at radius 1 is 1.20 bits per heavy atom. The molecule has 100 valence electrons. The molecular weight excluding hydrogens is 290 g/mol. The molecule has 2 aromatic rings. The molecule has 1 saturated heterocycles. The highest BCUT2D eigenvalue weighted by atomic mass is 32.2. The molecule has 0 N–H and O–H groups in total. The minimum atomic E-state index is -0.0855. The van der Waals surface area contributed by atoms with Crippen molar-refractivity contribution in [3.63, 3.8) is 0 Å². The average molecular weight is 301 g/mol. The zero-order valence-corrected chi connectivity index (χ0v) is 12.3. The highest BCUT2D eigenvalue weighted by Crippen LogP contribution is 2.32. The number of likely N-dealkylation sites (N-methyl/N-ethyl adjacent to an activating group) is 1. The fourth-order valence-corrected chi connectivity index (χ4v) is 3.02. The molecule has 1 fully saturated rings. The molecule has 1 aromatic carbocycles. The molecule has 0 radical (unpaired) electrons. The van der Waals surface area contributed by atoms with Crippen LogP contribution in [-0.2, 0) is 4.79 Å². The number of carbonyl (C=O) groups is 1. The number of thiocarbonyl (C=S) groups is 1. The van der Waals surface area contributed by atoms with E-state index in [1.54, 1.807) is 13.1 Å². The molecule has 0 spiro atoms. The Morgan fingerprint density at radius 3 is 2.60 bits per heavy atom. The number of benzene rings is 1. The second-order valence-electron chi connectivity index (χ2n) is 4.31. The molecule has 0 aliphatic carbocycles. The van der Waals surface area contributed by atoms with Crippen LogP contribution in [0.1, 0.15) is 5.76 Å². The van der Waals surface area contributed by atoms with Crippen molar-refractivity contribution in [2.24, 2.45) is 0 Å². The van der Waals surface area contributed by atoms with Crippen LogP contribution in [0.4, 0.5) is 0 Å². The van der Waals surface area contributed by atoms with Crippen LogP contribution >= 0.6 is 24.0 Å². The fourth-order valence-electron chi connectivity index (χ4n) is 1.86. The molecule has 1 aliphatic heterocycles. The first kappa shape index (κ1) is 13.1. The first-order valence-corrected chi connectivity index (χ1v) is 7.24. The van der Waals surface area contributed by atoms with Crippen molar-refractivity contribution >= 4 is 40.3 Å². The maximum atomic E-state index is 11.9. The summed E-state index contributed by atoms with van der Waals surface area (Å²) >= 11 is 6.38. The van der Waals surface area contributed by atoms with Crippen molar-refractivity contribution in [2.45, 2.75) is 0 Å². The van der Waals surface area contributed by atoms with Gasteiger partial charge in [0.05, 0.1) is 4.91 Å². The topological polar surface area (TPSA) is 33.5 Å². The van der Waals surface area contributed by atoms with E-state index < -0.39 is 0 Å². The zero-order chi connectivity index (χ0) is 14.1. The lowest BCUT2D eigenvalue weighted by Crippen LogP contribution is -2.22. The SMILES string of the molecule is CN1C(=O)C(=Cc2ccc(-c3ccccc3)o2)SC1=S. The van der Waals surface area contributed by atoms with Gasteiger partial charge in [-0.1, -0.05) is 54.3 Å². The number of hydrogen-bond acceptors (Lipinski definition) is 4. The van der Waals surface area contributed by atoms with Gasteiger partial charge in [-0.3, -0.25) is 9.69 Å². The van der Waals surface area contributed by atoms with Crippen LogP contribution < -0.4 is 0 Å². The second kappa shape index (κ2) is 5.26. The van der Waals surface area contributed by atoms with E-state index >= 15 is 0 Å². The van der Waals surface area contributed by atoms with Gasteiger partial charge in [0.25, 0.3) is 5.91 Å². The van der Waals surface area contributed by atoms with Gasteiger partial charge in [0.1, 0.15) is 15.8 Å². The zero-order valence-electron chi connectivity index (χ0n) is 10.7. The van der Waals surface area contributed by atoms with Crippen molar-refractivity contribution in [3.8, 4) is 11.3 Å². The number of hydrogen-bond donors (Lipinski definition) is 0. The third kappa shape index (κ3) is 2.42. The van der Waals surface area contributed by atoms with Crippen LogP contribution in [0.25, 0.3) is 17.4 Å². The summed E-state index contributed by atoms with van der Waals surface area (Å²) in [5, 5.41) is 0. The highest BCUT2D eigenvalue weighted by molar-refractivity contribution is 8.26. The molecule has 1 aromatic heterocycles. The molecule has 1 amide bonds. The summed E-state index contributed by atoms with van der Waals surface area (Å²) in [5.41, 5.74) is 1.01. The number of furan rings is 1. The Kier molecular flexibility index (Phi) is 3.46. The quantitative estimate of drug-likeness (QED) is 0.624. The maximum Gasteiger partial charge on any atom is 0.266 e. The van der Waals surface area contributed by atoms with Gasteiger partial charge in [-0.05, 0) is 12.1 Å². The second-order valence-corrected chi connectivity index (χ2v) is 5.98. The van der Waals surface area contributed by atoms with E-state index in [1.165, 1.54) is 16.7 Å². The summed E-state index contributed by atoms with van der Waals surface area (Å²) in [5.74, 6) is 1.35. The van der Waals surface area contributed by atoms with Crippen LogP contribution in [0.15, 0.2) is 51.8 Å². The molecule has 2 heterocycles. The third-order valence-corrected chi connectivity index (χ3v) is 4.43. The van der Waals surface area contributed by atoms with E-state index in [9.17, 15) is 4.79 Å². The predicted molar refractivity (Wildman–Crippen MR) is 85.1 cm³/mol. The maximum absolute atomic E-state index is 11.9. The van der Waals surface area contributed by atoms with Gasteiger partial charge in [0, 0.05) is 18.7 Å². The molecule has 0 unspecified atom stereocenters. The minimum Gasteiger partial charge on any atom is -0.457 e. The van der Waals surface area contributed by atoms with Crippen LogP contribution in [-0.4, -0.2) is 22.2 Å². The van der Waals surface area contributed by atoms with E-state index in [0.717, 1.165) is 11.3 Å². The Balaban J connectivity index is 1.89. The summed E-state index contributed by atoms with van der Waals surface area (Å²) in [6, 6.07) is 13.6. The normalized spacial score (nSPS) is 17.2. The molecular formula is C15H11NO2S2. The lowest BCUT2D eigenvalue weighted by atomic mass is 10.2. The lowest BCUT2D eigenvalue weighted by Gasteiger charge is -2.03. The van der Waals surface area contributed by atoms with Crippen LogP contribution in [0, 0.1) is 0 Å². The largest absolute Gasteiger partial charge is 0.457 e. The molecule has 20 heavy (non-hydrogen) atoms. The standard InChI is InChI=1S/C15H11NO2S2/c1-16-14(17)13(20-15(16)19)9-11-7-8-12(18-11)10-5-3-2-4-6-10/h2-9H,1H3. The van der Waals surface area contributed by atoms with Crippen molar-refractivity contribution in [2.75, 3.05) is 7.05 Å². The van der Waals surface area contributed by atoms with Crippen molar-refractivity contribution in [1.29, 1.82) is 0 Å². The van der Waals surface area contributed by atoms with Gasteiger partial charge in [-0.25, -0.2) is 0 Å². The molecule has 0 atom stereocenters. The van der Waals surface area contributed by atoms with Gasteiger partial charge in [-0.2, -0.15) is 0 Å². The number of amides is 1. The molecule has 0 saturated carbocycles. The van der Waals surface area contributed by atoms with Crippen molar-refractivity contribution < 1.29 is 9.21 Å². The van der Waals surface area contributed by atoms with Gasteiger partial charge in [0.2, 0.25) is 0 Å². The predicted octanol–water partition coefficient (Wildman–Crippen LogP) is 3.78. The number of nitrogens with zero attached hydrogens (tertiary/aromatic N) is 1. The van der Waals surface area contributed by atoms with Crippen molar-refractivity contribution in [1.82, 2.24) is 4.90 Å². The molecule has 1 aliphatic rings. The summed E-state index contributed by atoms with van der Waals surface area (Å²) in [7, 11) is 1.68. The Hall–Kier alpha value is -1.85. The average Bonchev–Trinajstić information content (AvgIpc) is 3.02. The van der Waals surface area contributed by atoms with Crippen LogP contribution in [0.3, 0.4) is 0 Å². The monoisotopic (exact) mass is 301 g/mol. The fraction of sp³-hybridized carbons (Fsp3) is 0.0667.